The van der Waals surface area contributed by atoms with Crippen LogP contribution in [0.15, 0.2) is 11.4 Å². The van der Waals surface area contributed by atoms with Crippen LogP contribution in [-0.4, -0.2) is 50.2 Å². The lowest BCUT2D eigenvalue weighted by Gasteiger charge is -2.30. The predicted molar refractivity (Wildman–Crippen MR) is 55.3 cm³/mol. The molecule has 1 aliphatic heterocycles. The second-order valence-electron chi connectivity index (χ2n) is 3.85. The highest BCUT2D eigenvalue weighted by molar-refractivity contribution is 5.94. The second-order valence-corrected chi connectivity index (χ2v) is 3.85. The first-order valence-corrected chi connectivity index (χ1v) is 5.08. The predicted octanol–water partition coefficient (Wildman–Crippen LogP) is 0.117. The van der Waals surface area contributed by atoms with Gasteiger partial charge in [0.15, 0.2) is 5.69 Å². The summed E-state index contributed by atoms with van der Waals surface area (Å²) in [4.78, 5) is 13.6. The number of hydrogen-bond donors (Lipinski definition) is 2. The summed E-state index contributed by atoms with van der Waals surface area (Å²) >= 11 is 0. The molecule has 1 amide bonds. The van der Waals surface area contributed by atoms with Crippen LogP contribution in [0.25, 0.3) is 0 Å². The topological polar surface area (TPSA) is 94.5 Å². The van der Waals surface area contributed by atoms with E-state index in [-0.39, 0.29) is 11.8 Å². The van der Waals surface area contributed by atoms with Crippen LogP contribution in [0.3, 0.4) is 0 Å². The molecule has 1 saturated heterocycles. The maximum atomic E-state index is 11.9. The van der Waals surface area contributed by atoms with Gasteiger partial charge < -0.3 is 10.1 Å². The maximum Gasteiger partial charge on any atom is 0.276 e. The van der Waals surface area contributed by atoms with Crippen molar-refractivity contribution in [2.24, 2.45) is 11.1 Å². The Balaban J connectivity index is 2.06. The zero-order valence-electron chi connectivity index (χ0n) is 8.92. The Morgan fingerprint density at radius 1 is 1.75 bits per heavy atom. The molecule has 1 fully saturated rings. The Labute approximate surface area is 92.1 Å². The molecule has 0 aliphatic carbocycles. The summed E-state index contributed by atoms with van der Waals surface area (Å²) in [7, 11) is 0. The Morgan fingerprint density at radius 2 is 2.56 bits per heavy atom. The van der Waals surface area contributed by atoms with Gasteiger partial charge in [-0.2, -0.15) is 15.4 Å². The molecule has 1 aromatic heterocycles. The average Bonchev–Trinajstić information content (AvgIpc) is 2.81. The van der Waals surface area contributed by atoms with Gasteiger partial charge in [0.05, 0.1) is 11.9 Å². The van der Waals surface area contributed by atoms with Gasteiger partial charge in [-0.25, -0.2) is 0 Å². The Bertz CT molecular complexity index is 400. The van der Waals surface area contributed by atoms with E-state index in [0.29, 0.717) is 25.2 Å². The summed E-state index contributed by atoms with van der Waals surface area (Å²) in [6, 6.07) is 0. The number of amides is 1. The van der Waals surface area contributed by atoms with Gasteiger partial charge in [-0.05, 0) is 0 Å². The molecular formula is C9H13N5O2. The Hall–Kier alpha value is -1.92. The van der Waals surface area contributed by atoms with Gasteiger partial charge in [0, 0.05) is 25.4 Å². The standard InChI is InChI=1S/C9H13N5O2/c1-6-5-14(3-2-7(6)12-16)9(15)8-4-10-13-11-8/h4,6,16H,2-3,5H2,1H3,(H,10,11,13). The number of nitrogens with one attached hydrogen (secondary N) is 1. The van der Waals surface area contributed by atoms with Crippen molar-refractivity contribution in [2.45, 2.75) is 13.3 Å². The molecule has 7 heteroatoms. The highest BCUT2D eigenvalue weighted by Gasteiger charge is 2.27. The van der Waals surface area contributed by atoms with E-state index in [1.165, 1.54) is 6.20 Å². The molecule has 0 radical (unpaired) electrons. The third-order valence-electron chi connectivity index (χ3n) is 2.75. The zero-order valence-corrected chi connectivity index (χ0v) is 8.92. The third-order valence-corrected chi connectivity index (χ3v) is 2.75. The van der Waals surface area contributed by atoms with Gasteiger partial charge in [-0.15, -0.1) is 0 Å². The summed E-state index contributed by atoms with van der Waals surface area (Å²) in [6.45, 7) is 3.03. The first-order valence-electron chi connectivity index (χ1n) is 5.08. The normalized spacial score (nSPS) is 23.7. The van der Waals surface area contributed by atoms with E-state index in [1.807, 2.05) is 6.92 Å². The summed E-state index contributed by atoms with van der Waals surface area (Å²) in [5.74, 6) is -0.0628. The van der Waals surface area contributed by atoms with E-state index in [4.69, 9.17) is 5.21 Å². The molecule has 1 aliphatic rings. The van der Waals surface area contributed by atoms with E-state index < -0.39 is 0 Å². The van der Waals surface area contributed by atoms with Crippen molar-refractivity contribution < 1.29 is 10.0 Å². The number of nitrogens with zero attached hydrogens (tertiary/aromatic N) is 4. The lowest BCUT2D eigenvalue weighted by Crippen LogP contribution is -2.43. The third kappa shape index (κ3) is 1.88. The first-order chi connectivity index (χ1) is 7.72. The number of aromatic nitrogens is 3. The molecule has 1 aromatic rings. The van der Waals surface area contributed by atoms with Crippen molar-refractivity contribution in [1.29, 1.82) is 0 Å². The number of aromatic amines is 1. The second kappa shape index (κ2) is 4.30. The minimum atomic E-state index is -0.141. The summed E-state index contributed by atoms with van der Waals surface area (Å²) < 4.78 is 0. The molecule has 2 heterocycles. The number of piperidine rings is 1. The van der Waals surface area contributed by atoms with Gasteiger partial charge in [0.2, 0.25) is 0 Å². The van der Waals surface area contributed by atoms with E-state index in [9.17, 15) is 4.79 Å². The van der Waals surface area contributed by atoms with Crippen molar-refractivity contribution in [3.05, 3.63) is 11.9 Å². The van der Waals surface area contributed by atoms with Gasteiger partial charge in [-0.3, -0.25) is 4.79 Å². The summed E-state index contributed by atoms with van der Waals surface area (Å²) in [5, 5.41) is 21.7. The van der Waals surface area contributed by atoms with E-state index >= 15 is 0 Å². The molecule has 0 saturated carbocycles. The van der Waals surface area contributed by atoms with E-state index in [2.05, 4.69) is 20.6 Å². The summed E-state index contributed by atoms with van der Waals surface area (Å²) in [5.41, 5.74) is 1.06. The van der Waals surface area contributed by atoms with Gasteiger partial charge >= 0.3 is 0 Å². The molecule has 0 bridgehead atoms. The number of hydrogen-bond acceptors (Lipinski definition) is 5. The number of carbonyl (C=O) groups is 1. The molecule has 16 heavy (non-hydrogen) atoms. The highest BCUT2D eigenvalue weighted by atomic mass is 16.4. The lowest BCUT2D eigenvalue weighted by atomic mass is 9.97. The van der Waals surface area contributed by atoms with Gasteiger partial charge in [0.1, 0.15) is 0 Å². The fourth-order valence-corrected chi connectivity index (χ4v) is 1.82. The average molecular weight is 223 g/mol. The van der Waals surface area contributed by atoms with Crippen LogP contribution in [0.4, 0.5) is 0 Å². The van der Waals surface area contributed by atoms with E-state index in [0.717, 1.165) is 5.71 Å². The minimum Gasteiger partial charge on any atom is -0.411 e. The number of H-pyrrole nitrogens is 1. The number of oxime groups is 1. The smallest absolute Gasteiger partial charge is 0.276 e. The monoisotopic (exact) mass is 223 g/mol. The minimum absolute atomic E-state index is 0.0783. The largest absolute Gasteiger partial charge is 0.411 e. The fourth-order valence-electron chi connectivity index (χ4n) is 1.82. The number of rotatable bonds is 1. The molecular weight excluding hydrogens is 210 g/mol. The first kappa shape index (κ1) is 10.6. The van der Waals surface area contributed by atoms with Gasteiger partial charge in [0.25, 0.3) is 5.91 Å². The highest BCUT2D eigenvalue weighted by Crippen LogP contribution is 2.15. The Kier molecular flexibility index (Phi) is 2.84. The Morgan fingerprint density at radius 3 is 3.12 bits per heavy atom. The van der Waals surface area contributed by atoms with Crippen LogP contribution < -0.4 is 0 Å². The maximum absolute atomic E-state index is 11.9. The van der Waals surface area contributed by atoms with Crippen molar-refractivity contribution in [2.75, 3.05) is 13.1 Å². The van der Waals surface area contributed by atoms with Crippen LogP contribution in [0.2, 0.25) is 0 Å². The molecule has 7 nitrogen and oxygen atoms in total. The molecule has 2 rings (SSSR count). The van der Waals surface area contributed by atoms with Crippen molar-refractivity contribution in [3.63, 3.8) is 0 Å². The van der Waals surface area contributed by atoms with Crippen molar-refractivity contribution in [1.82, 2.24) is 20.3 Å². The van der Waals surface area contributed by atoms with Gasteiger partial charge in [-0.1, -0.05) is 12.1 Å². The molecule has 2 N–H and O–H groups in total. The summed E-state index contributed by atoms with van der Waals surface area (Å²) in [6.07, 6.45) is 2.00. The van der Waals surface area contributed by atoms with Crippen LogP contribution in [0.5, 0.6) is 0 Å². The molecule has 1 unspecified atom stereocenters. The zero-order chi connectivity index (χ0) is 11.5. The van der Waals surface area contributed by atoms with Crippen LogP contribution in [0.1, 0.15) is 23.8 Å². The van der Waals surface area contributed by atoms with Crippen LogP contribution in [-0.2, 0) is 0 Å². The van der Waals surface area contributed by atoms with Crippen LogP contribution >= 0.6 is 0 Å². The molecule has 86 valence electrons. The SMILES string of the molecule is CC1CN(C(=O)c2cn[nH]n2)CCC1=NO. The van der Waals surface area contributed by atoms with Crippen molar-refractivity contribution in [3.8, 4) is 0 Å². The lowest BCUT2D eigenvalue weighted by molar-refractivity contribution is 0.0728. The number of likely N-dealkylation sites (tertiary alicyclic amines) is 1. The quantitative estimate of drug-likeness (QED) is 0.522. The van der Waals surface area contributed by atoms with Crippen molar-refractivity contribution >= 4 is 11.6 Å². The molecule has 1 atom stereocenters. The molecule has 0 spiro atoms. The number of carbonyl (C=O) groups excluding carboxylic acids is 1. The van der Waals surface area contributed by atoms with Crippen LogP contribution in [0, 0.1) is 5.92 Å². The van der Waals surface area contributed by atoms with E-state index in [1.54, 1.807) is 4.90 Å². The molecule has 0 aromatic carbocycles. The fraction of sp³-hybridized carbons (Fsp3) is 0.556.